The zero-order chi connectivity index (χ0) is 23.3. The van der Waals surface area contributed by atoms with Gasteiger partial charge in [0.2, 0.25) is 6.20 Å². The third kappa shape index (κ3) is 5.75. The normalized spacial score (nSPS) is 10.7. The van der Waals surface area contributed by atoms with Crippen molar-refractivity contribution >= 4 is 26.6 Å². The zero-order valence-corrected chi connectivity index (χ0v) is 19.7. The van der Waals surface area contributed by atoms with Crippen molar-refractivity contribution in [3.63, 3.8) is 0 Å². The van der Waals surface area contributed by atoms with E-state index in [2.05, 4.69) is 28.9 Å². The molecule has 0 spiro atoms. The lowest BCUT2D eigenvalue weighted by molar-refractivity contribution is -0.640. The third-order valence-corrected chi connectivity index (χ3v) is 5.86. The molecule has 1 aromatic heterocycles. The van der Waals surface area contributed by atoms with E-state index in [-0.39, 0.29) is 4.90 Å². The van der Waals surface area contributed by atoms with E-state index in [0.717, 1.165) is 23.1 Å². The van der Waals surface area contributed by atoms with Crippen LogP contribution in [0.25, 0.3) is 10.8 Å². The van der Waals surface area contributed by atoms with Gasteiger partial charge in [-0.15, -0.1) is 0 Å². The Morgan fingerprint density at radius 2 is 1.68 bits per heavy atom. The van der Waals surface area contributed by atoms with Crippen LogP contribution in [0.3, 0.4) is 0 Å². The molecule has 2 aromatic carbocycles. The van der Waals surface area contributed by atoms with Gasteiger partial charge in [0.05, 0.1) is 10.3 Å². The summed E-state index contributed by atoms with van der Waals surface area (Å²) in [7, 11) is -0.256. The molecule has 31 heavy (non-hydrogen) atoms. The first-order valence-corrected chi connectivity index (χ1v) is 11.3. The fourth-order valence-electron chi connectivity index (χ4n) is 3.56. The Kier molecular flexibility index (Phi) is 7.66. The quantitative estimate of drug-likeness (QED) is 0.287. The second kappa shape index (κ2) is 9.82. The van der Waals surface area contributed by atoms with Crippen LogP contribution in [0, 0.1) is 32.6 Å². The van der Waals surface area contributed by atoms with Gasteiger partial charge in [0, 0.05) is 43.6 Å². The fourth-order valence-corrected chi connectivity index (χ4v) is 4.46. The first kappa shape index (κ1) is 24.2. The number of hydrogen-bond acceptors (Lipinski definition) is 5. The molecular weight excluding hydrogens is 410 g/mol. The van der Waals surface area contributed by atoms with Crippen molar-refractivity contribution in [3.05, 3.63) is 65.0 Å². The fraction of sp³-hybridized carbons (Fsp3) is 0.292. The monoisotopic (exact) mass is 439 g/mol. The van der Waals surface area contributed by atoms with Gasteiger partial charge in [-0.2, -0.15) is 0 Å². The van der Waals surface area contributed by atoms with E-state index in [1.165, 1.54) is 11.1 Å². The lowest BCUT2D eigenvalue weighted by Crippen LogP contribution is -2.47. The number of aromatic nitrogens is 1. The molecule has 164 valence electrons. The standard InChI is InChI=1S/C15H18N3.C9H12O3S/c1-4-5-8-15-12-7-6-9-14(17(2)3)13(12)10-11-18(15)16;1-6-4-7(2)9(8(3)5-6)13(10,11)12/h6-7,9-11H,4,16H2,1-3H3;4-5H,1-3H3,(H,10,11,12)/q+1;/p-1. The number of benzene rings is 2. The molecule has 3 rings (SSSR count). The van der Waals surface area contributed by atoms with Gasteiger partial charge in [0.25, 0.3) is 5.69 Å². The van der Waals surface area contributed by atoms with Crippen molar-refractivity contribution in [2.24, 2.45) is 0 Å². The van der Waals surface area contributed by atoms with E-state index in [1.807, 2.05) is 46.3 Å². The summed E-state index contributed by atoms with van der Waals surface area (Å²) in [5.41, 5.74) is 4.04. The van der Waals surface area contributed by atoms with E-state index >= 15 is 0 Å². The van der Waals surface area contributed by atoms with Crippen LogP contribution >= 0.6 is 0 Å². The van der Waals surface area contributed by atoms with Gasteiger partial charge in [-0.1, -0.05) is 41.3 Å². The maximum Gasteiger partial charge on any atom is 0.293 e. The molecule has 7 heteroatoms. The predicted molar refractivity (Wildman–Crippen MR) is 124 cm³/mol. The molecule has 0 atom stereocenters. The molecule has 0 bridgehead atoms. The Labute approximate surface area is 185 Å². The number of fused-ring (bicyclic) bond motifs is 1. The molecule has 0 amide bonds. The van der Waals surface area contributed by atoms with E-state index in [4.69, 9.17) is 5.84 Å². The second-order valence-corrected chi connectivity index (χ2v) is 8.86. The lowest BCUT2D eigenvalue weighted by atomic mass is 10.1. The molecule has 0 saturated heterocycles. The van der Waals surface area contributed by atoms with Crippen molar-refractivity contribution in [2.45, 2.75) is 39.0 Å². The number of rotatable bonds is 2. The van der Waals surface area contributed by atoms with Crippen molar-refractivity contribution in [2.75, 3.05) is 24.8 Å². The van der Waals surface area contributed by atoms with Crippen molar-refractivity contribution < 1.29 is 17.6 Å². The number of nitrogen functional groups attached to an aromatic ring is 1. The molecule has 6 nitrogen and oxygen atoms in total. The van der Waals surface area contributed by atoms with Gasteiger partial charge < -0.3 is 9.45 Å². The Balaban J connectivity index is 0.000000233. The summed E-state index contributed by atoms with van der Waals surface area (Å²) < 4.78 is 34.1. The molecule has 0 aliphatic rings. The highest BCUT2D eigenvalue weighted by Gasteiger charge is 2.14. The number of nitrogens with two attached hydrogens (primary N) is 1. The average molecular weight is 440 g/mol. The maximum atomic E-state index is 10.8. The molecule has 0 fully saturated rings. The SMILES string of the molecule is CCC#Cc1c2cccc(N(C)C)c2cc[n+]1N.Cc1cc(C)c(S(=O)(=O)[O-])c(C)c1. The van der Waals surface area contributed by atoms with Gasteiger partial charge in [-0.3, -0.25) is 0 Å². The van der Waals surface area contributed by atoms with Gasteiger partial charge >= 0.3 is 0 Å². The zero-order valence-electron chi connectivity index (χ0n) is 18.9. The smallest absolute Gasteiger partial charge is 0.293 e. The predicted octanol–water partition coefficient (Wildman–Crippen LogP) is 3.18. The third-order valence-electron chi connectivity index (χ3n) is 4.72. The van der Waals surface area contributed by atoms with E-state index in [1.54, 1.807) is 30.7 Å². The van der Waals surface area contributed by atoms with Crippen LogP contribution in [0.5, 0.6) is 0 Å². The minimum Gasteiger partial charge on any atom is -0.744 e. The minimum absolute atomic E-state index is 0.0851. The number of aryl methyl sites for hydroxylation is 3. The van der Waals surface area contributed by atoms with Crippen LogP contribution in [-0.4, -0.2) is 27.1 Å². The van der Waals surface area contributed by atoms with Gasteiger partial charge in [0.1, 0.15) is 10.1 Å². The number of nitrogens with zero attached hydrogens (tertiary/aromatic N) is 2. The molecule has 0 unspecified atom stereocenters. The van der Waals surface area contributed by atoms with Crippen LogP contribution in [0.4, 0.5) is 5.69 Å². The van der Waals surface area contributed by atoms with Gasteiger partial charge in [0.15, 0.2) is 0 Å². The highest BCUT2D eigenvalue weighted by molar-refractivity contribution is 7.85. The lowest BCUT2D eigenvalue weighted by Gasteiger charge is -2.14. The van der Waals surface area contributed by atoms with Gasteiger partial charge in [-0.05, 0) is 44.0 Å². The average Bonchev–Trinajstić information content (AvgIpc) is 2.65. The first-order chi connectivity index (χ1) is 14.5. The summed E-state index contributed by atoms with van der Waals surface area (Å²) >= 11 is 0. The Hall–Kier alpha value is -3.08. The van der Waals surface area contributed by atoms with E-state index < -0.39 is 10.1 Å². The maximum absolute atomic E-state index is 10.8. The van der Waals surface area contributed by atoms with Crippen LogP contribution in [-0.2, 0) is 10.1 Å². The van der Waals surface area contributed by atoms with Crippen LogP contribution in [0.15, 0.2) is 47.5 Å². The van der Waals surface area contributed by atoms with Crippen LogP contribution in [0.2, 0.25) is 0 Å². The van der Waals surface area contributed by atoms with Crippen LogP contribution < -0.4 is 15.4 Å². The molecule has 3 aromatic rings. The van der Waals surface area contributed by atoms with Crippen molar-refractivity contribution in [1.82, 2.24) is 0 Å². The number of anilines is 1. The van der Waals surface area contributed by atoms with E-state index in [0.29, 0.717) is 11.1 Å². The Morgan fingerprint density at radius 3 is 2.19 bits per heavy atom. The van der Waals surface area contributed by atoms with E-state index in [9.17, 15) is 13.0 Å². The second-order valence-electron chi connectivity index (χ2n) is 7.54. The highest BCUT2D eigenvalue weighted by Crippen LogP contribution is 2.25. The summed E-state index contributed by atoms with van der Waals surface area (Å²) in [6.07, 6.45) is 2.68. The van der Waals surface area contributed by atoms with Gasteiger partial charge in [-0.25, -0.2) is 14.3 Å². The highest BCUT2D eigenvalue weighted by atomic mass is 32.2. The summed E-state index contributed by atoms with van der Waals surface area (Å²) in [5.74, 6) is 12.2. The topological polar surface area (TPSA) is 90.3 Å². The Bertz CT molecular complexity index is 1250. The number of hydrogen-bond donors (Lipinski definition) is 1. The molecular formula is C24H29N3O3S. The molecule has 0 aliphatic carbocycles. The van der Waals surface area contributed by atoms with Crippen molar-refractivity contribution in [1.29, 1.82) is 0 Å². The first-order valence-electron chi connectivity index (χ1n) is 9.89. The largest absolute Gasteiger partial charge is 0.744 e. The van der Waals surface area contributed by atoms with Crippen LogP contribution in [0.1, 0.15) is 35.7 Å². The molecule has 0 saturated carbocycles. The molecule has 1 heterocycles. The Morgan fingerprint density at radius 1 is 1.06 bits per heavy atom. The number of pyridine rings is 1. The summed E-state index contributed by atoms with van der Waals surface area (Å²) in [6.45, 7) is 7.15. The minimum atomic E-state index is -4.33. The summed E-state index contributed by atoms with van der Waals surface area (Å²) in [5, 5.41) is 2.26. The molecule has 0 aliphatic heterocycles. The molecule has 2 N–H and O–H groups in total. The summed E-state index contributed by atoms with van der Waals surface area (Å²) in [6, 6.07) is 11.6. The van der Waals surface area contributed by atoms with Crippen molar-refractivity contribution in [3.8, 4) is 11.8 Å². The molecule has 0 radical (unpaired) electrons. The summed E-state index contributed by atoms with van der Waals surface area (Å²) in [4.78, 5) is 2.01.